The first-order chi connectivity index (χ1) is 11.4. The summed E-state index contributed by atoms with van der Waals surface area (Å²) in [6.07, 6.45) is 3.33. The first-order valence-corrected chi connectivity index (χ1v) is 9.71. The number of nitrogens with one attached hydrogen (secondary N) is 2. The number of hydrazine groups is 1. The highest BCUT2D eigenvalue weighted by Gasteiger charge is 2.24. The highest BCUT2D eigenvalue weighted by Crippen LogP contribution is 2.40. The third kappa shape index (κ3) is 3.70. The van der Waals surface area contributed by atoms with Crippen molar-refractivity contribution in [2.75, 3.05) is 5.75 Å². The van der Waals surface area contributed by atoms with E-state index in [2.05, 4.69) is 27.7 Å². The molecular weight excluding hydrogens is 344 g/mol. The Balaban J connectivity index is 1.84. The normalized spacial score (nSPS) is 16.7. The molecule has 0 radical (unpaired) electrons. The average molecular weight is 364 g/mol. The molecule has 3 rings (SSSR count). The Labute approximate surface area is 148 Å². The molecule has 0 spiro atoms. The second-order valence-corrected chi connectivity index (χ2v) is 8.17. The van der Waals surface area contributed by atoms with Gasteiger partial charge in [0.15, 0.2) is 0 Å². The lowest BCUT2D eigenvalue weighted by Gasteiger charge is -2.18. The van der Waals surface area contributed by atoms with Crippen LogP contribution in [0.3, 0.4) is 0 Å². The van der Waals surface area contributed by atoms with E-state index in [1.165, 1.54) is 35.5 Å². The van der Waals surface area contributed by atoms with E-state index < -0.39 is 0 Å². The van der Waals surface area contributed by atoms with E-state index in [-0.39, 0.29) is 17.6 Å². The Morgan fingerprint density at radius 2 is 2.12 bits per heavy atom. The van der Waals surface area contributed by atoms with E-state index in [1.807, 2.05) is 6.92 Å². The second kappa shape index (κ2) is 7.06. The molecule has 2 aromatic heterocycles. The molecule has 24 heavy (non-hydrogen) atoms. The van der Waals surface area contributed by atoms with Gasteiger partial charge in [0.05, 0.1) is 5.75 Å². The molecule has 1 aliphatic rings. The van der Waals surface area contributed by atoms with Gasteiger partial charge in [-0.25, -0.2) is 9.97 Å². The van der Waals surface area contributed by atoms with Gasteiger partial charge < -0.3 is 0 Å². The Bertz CT molecular complexity index is 803. The van der Waals surface area contributed by atoms with E-state index in [9.17, 15) is 9.59 Å². The summed E-state index contributed by atoms with van der Waals surface area (Å²) in [6.45, 7) is 5.51. The van der Waals surface area contributed by atoms with Gasteiger partial charge in [-0.2, -0.15) is 0 Å². The van der Waals surface area contributed by atoms with Crippen molar-refractivity contribution in [1.29, 1.82) is 0 Å². The Morgan fingerprint density at radius 3 is 2.88 bits per heavy atom. The number of aryl methyl sites for hydroxylation is 2. The molecule has 2 heterocycles. The maximum absolute atomic E-state index is 11.8. The molecule has 0 aromatic carbocycles. The lowest BCUT2D eigenvalue weighted by molar-refractivity contribution is -0.126. The maximum atomic E-state index is 11.8. The van der Waals surface area contributed by atoms with E-state index in [0.29, 0.717) is 5.92 Å². The molecule has 0 bridgehead atoms. The van der Waals surface area contributed by atoms with Crippen molar-refractivity contribution in [2.24, 2.45) is 5.92 Å². The van der Waals surface area contributed by atoms with Gasteiger partial charge in [0.2, 0.25) is 11.8 Å². The van der Waals surface area contributed by atoms with E-state index >= 15 is 0 Å². The molecule has 1 unspecified atom stereocenters. The van der Waals surface area contributed by atoms with Gasteiger partial charge in [-0.05, 0) is 37.7 Å². The number of carbonyl (C=O) groups excluding carboxylic acids is 2. The molecule has 2 amide bonds. The van der Waals surface area contributed by atoms with Crippen LogP contribution in [0.2, 0.25) is 0 Å². The smallest absolute Gasteiger partial charge is 0.248 e. The number of carbonyl (C=O) groups is 2. The summed E-state index contributed by atoms with van der Waals surface area (Å²) in [5.41, 5.74) is 6.03. The van der Waals surface area contributed by atoms with Crippen LogP contribution in [0.5, 0.6) is 0 Å². The number of thioether (sulfide) groups is 1. The van der Waals surface area contributed by atoms with Gasteiger partial charge in [0, 0.05) is 17.2 Å². The second-order valence-electron chi connectivity index (χ2n) is 6.13. The van der Waals surface area contributed by atoms with Crippen LogP contribution in [-0.4, -0.2) is 27.5 Å². The zero-order chi connectivity index (χ0) is 17.3. The molecule has 2 N–H and O–H groups in total. The Hall–Kier alpha value is -1.67. The largest absolute Gasteiger partial charge is 0.274 e. The summed E-state index contributed by atoms with van der Waals surface area (Å²) in [7, 11) is 0. The molecule has 1 atom stereocenters. The summed E-state index contributed by atoms with van der Waals surface area (Å²) in [5, 5.41) is 1.98. The summed E-state index contributed by atoms with van der Waals surface area (Å²) < 4.78 is 0. The van der Waals surface area contributed by atoms with Crippen molar-refractivity contribution < 1.29 is 9.59 Å². The molecular formula is C16H20N4O2S2. The van der Waals surface area contributed by atoms with Crippen molar-refractivity contribution in [1.82, 2.24) is 20.8 Å². The molecule has 1 aliphatic carbocycles. The van der Waals surface area contributed by atoms with Crippen LogP contribution in [0.4, 0.5) is 0 Å². The van der Waals surface area contributed by atoms with Gasteiger partial charge in [-0.3, -0.25) is 20.4 Å². The molecule has 0 fully saturated rings. The lowest BCUT2D eigenvalue weighted by atomic mass is 9.89. The van der Waals surface area contributed by atoms with Crippen molar-refractivity contribution in [3.63, 3.8) is 0 Å². The minimum Gasteiger partial charge on any atom is -0.274 e. The van der Waals surface area contributed by atoms with Crippen LogP contribution >= 0.6 is 23.1 Å². The van der Waals surface area contributed by atoms with Crippen LogP contribution in [0, 0.1) is 12.8 Å². The molecule has 128 valence electrons. The van der Waals surface area contributed by atoms with Crippen LogP contribution in [0.15, 0.2) is 5.03 Å². The first-order valence-electron chi connectivity index (χ1n) is 7.91. The highest BCUT2D eigenvalue weighted by molar-refractivity contribution is 8.00. The molecule has 0 saturated carbocycles. The molecule has 0 saturated heterocycles. The predicted octanol–water partition coefficient (Wildman–Crippen LogP) is 2.38. The Morgan fingerprint density at radius 1 is 1.33 bits per heavy atom. The number of fused-ring (bicyclic) bond motifs is 3. The minimum absolute atomic E-state index is 0.201. The lowest BCUT2D eigenvalue weighted by Crippen LogP contribution is -2.41. The monoisotopic (exact) mass is 364 g/mol. The summed E-state index contributed by atoms with van der Waals surface area (Å²) >= 11 is 3.15. The molecule has 2 aromatic rings. The fourth-order valence-electron chi connectivity index (χ4n) is 2.84. The predicted molar refractivity (Wildman–Crippen MR) is 96.0 cm³/mol. The van der Waals surface area contributed by atoms with Crippen molar-refractivity contribution >= 4 is 45.1 Å². The first kappa shape index (κ1) is 17.2. The van der Waals surface area contributed by atoms with Crippen molar-refractivity contribution in [3.05, 3.63) is 16.3 Å². The summed E-state index contributed by atoms with van der Waals surface area (Å²) in [6, 6.07) is 0. The molecule has 8 heteroatoms. The Kier molecular flexibility index (Phi) is 5.05. The number of hydrogen-bond acceptors (Lipinski definition) is 6. The average Bonchev–Trinajstić information content (AvgIpc) is 2.87. The quantitative estimate of drug-likeness (QED) is 0.496. The van der Waals surface area contributed by atoms with Gasteiger partial charge in [0.25, 0.3) is 0 Å². The third-order valence-corrected chi connectivity index (χ3v) is 6.08. The number of nitrogens with zero attached hydrogens (tertiary/aromatic N) is 2. The van der Waals surface area contributed by atoms with Gasteiger partial charge in [0.1, 0.15) is 15.7 Å². The van der Waals surface area contributed by atoms with Crippen LogP contribution in [0.1, 0.15) is 36.5 Å². The zero-order valence-corrected chi connectivity index (χ0v) is 15.6. The van der Waals surface area contributed by atoms with E-state index in [0.717, 1.165) is 33.9 Å². The van der Waals surface area contributed by atoms with Crippen LogP contribution < -0.4 is 10.9 Å². The van der Waals surface area contributed by atoms with Crippen molar-refractivity contribution in [2.45, 2.75) is 45.1 Å². The van der Waals surface area contributed by atoms with Gasteiger partial charge in [-0.15, -0.1) is 11.3 Å². The van der Waals surface area contributed by atoms with Gasteiger partial charge >= 0.3 is 0 Å². The van der Waals surface area contributed by atoms with E-state index in [4.69, 9.17) is 0 Å². The standard InChI is InChI=1S/C16H20N4O2S2/c1-8-4-5-11-12(6-8)24-16-14(11)15(17-9(2)18-16)23-7-13(22)20-19-10(3)21/h8H,4-7H2,1-3H3,(H,19,21)(H,20,22). The van der Waals surface area contributed by atoms with Crippen LogP contribution in [0.25, 0.3) is 10.2 Å². The number of rotatable bonds is 3. The molecule has 6 nitrogen and oxygen atoms in total. The van der Waals surface area contributed by atoms with E-state index in [1.54, 1.807) is 11.3 Å². The highest BCUT2D eigenvalue weighted by atomic mass is 32.2. The number of amides is 2. The zero-order valence-electron chi connectivity index (χ0n) is 13.9. The minimum atomic E-state index is -0.297. The summed E-state index contributed by atoms with van der Waals surface area (Å²) in [4.78, 5) is 34.2. The fraction of sp³-hybridized carbons (Fsp3) is 0.500. The van der Waals surface area contributed by atoms with Crippen molar-refractivity contribution in [3.8, 4) is 0 Å². The summed E-state index contributed by atoms with van der Waals surface area (Å²) in [5.74, 6) is 1.08. The topological polar surface area (TPSA) is 84.0 Å². The number of thiophene rings is 1. The number of aromatic nitrogens is 2. The number of hydrogen-bond donors (Lipinski definition) is 2. The SMILES string of the molecule is CC(=O)NNC(=O)CSc1nc(C)nc2sc3c(c12)CCC(C)C3. The maximum Gasteiger partial charge on any atom is 0.248 e. The fourth-order valence-corrected chi connectivity index (χ4v) is 5.24. The van der Waals surface area contributed by atoms with Crippen LogP contribution in [-0.2, 0) is 22.4 Å². The molecule has 0 aliphatic heterocycles. The third-order valence-electron chi connectivity index (χ3n) is 3.95. The van der Waals surface area contributed by atoms with Gasteiger partial charge in [-0.1, -0.05) is 18.7 Å².